The zero-order valence-corrected chi connectivity index (χ0v) is 10.9. The molecule has 0 spiro atoms. The molecule has 0 fully saturated rings. The molecular weight excluding hydrogens is 277 g/mol. The summed E-state index contributed by atoms with van der Waals surface area (Å²) in [5.74, 6) is -0.832. The molecule has 0 unspecified atom stereocenters. The van der Waals surface area contributed by atoms with Gasteiger partial charge in [0.2, 0.25) is 0 Å². The molecule has 0 aliphatic carbocycles. The molecule has 7 heteroatoms. The lowest BCUT2D eigenvalue weighted by Gasteiger charge is -2.06. The van der Waals surface area contributed by atoms with Crippen molar-refractivity contribution in [3.63, 3.8) is 0 Å². The summed E-state index contributed by atoms with van der Waals surface area (Å²) in [6.45, 7) is 0.192. The third kappa shape index (κ3) is 3.53. The van der Waals surface area contributed by atoms with E-state index < -0.39 is 10.8 Å². The molecule has 2 aromatic carbocycles. The highest BCUT2D eigenvalue weighted by Gasteiger charge is 2.15. The van der Waals surface area contributed by atoms with Gasteiger partial charge in [0.15, 0.2) is 0 Å². The standard InChI is InChI=1S/C14H12FN3O3/c15-11-4-1-9(2-5-11)8-17-14(19)10-3-6-12(16)13(7-10)18(20)21/h1-7H,8,16H2,(H,17,19). The molecule has 108 valence electrons. The Hall–Kier alpha value is -2.96. The number of halogens is 1. The number of nitrogens with two attached hydrogens (primary N) is 1. The van der Waals surface area contributed by atoms with Crippen LogP contribution < -0.4 is 11.1 Å². The topological polar surface area (TPSA) is 98.3 Å². The Labute approximate surface area is 119 Å². The monoisotopic (exact) mass is 289 g/mol. The number of amides is 1. The molecule has 0 aliphatic rings. The summed E-state index contributed by atoms with van der Waals surface area (Å²) in [7, 11) is 0. The van der Waals surface area contributed by atoms with Gasteiger partial charge in [-0.1, -0.05) is 12.1 Å². The van der Waals surface area contributed by atoms with Gasteiger partial charge >= 0.3 is 0 Å². The lowest BCUT2D eigenvalue weighted by atomic mass is 10.1. The Balaban J connectivity index is 2.08. The first kappa shape index (κ1) is 14.4. The molecule has 0 heterocycles. The molecule has 0 radical (unpaired) electrons. The summed E-state index contributed by atoms with van der Waals surface area (Å²) in [6.07, 6.45) is 0. The highest BCUT2D eigenvalue weighted by atomic mass is 19.1. The quantitative estimate of drug-likeness (QED) is 0.512. The smallest absolute Gasteiger partial charge is 0.292 e. The molecule has 0 aromatic heterocycles. The number of rotatable bonds is 4. The largest absolute Gasteiger partial charge is 0.393 e. The number of nitro groups is 1. The van der Waals surface area contributed by atoms with Crippen molar-refractivity contribution in [1.29, 1.82) is 0 Å². The number of nitrogens with one attached hydrogen (secondary N) is 1. The van der Waals surface area contributed by atoms with Crippen LogP contribution >= 0.6 is 0 Å². The molecule has 21 heavy (non-hydrogen) atoms. The van der Waals surface area contributed by atoms with E-state index in [9.17, 15) is 19.3 Å². The lowest BCUT2D eigenvalue weighted by molar-refractivity contribution is -0.383. The molecule has 0 saturated heterocycles. The average molecular weight is 289 g/mol. The average Bonchev–Trinajstić information content (AvgIpc) is 2.46. The van der Waals surface area contributed by atoms with Crippen LogP contribution in [0.2, 0.25) is 0 Å². The number of carbonyl (C=O) groups excluding carboxylic acids is 1. The van der Waals surface area contributed by atoms with Gasteiger partial charge in [0.25, 0.3) is 11.6 Å². The fourth-order valence-electron chi connectivity index (χ4n) is 1.73. The number of hydrogen-bond acceptors (Lipinski definition) is 4. The van der Waals surface area contributed by atoms with Gasteiger partial charge in [-0.25, -0.2) is 4.39 Å². The minimum absolute atomic E-state index is 0.00455. The van der Waals surface area contributed by atoms with Crippen LogP contribution in [-0.2, 0) is 6.54 Å². The van der Waals surface area contributed by atoms with E-state index in [1.165, 1.54) is 24.3 Å². The first-order valence-corrected chi connectivity index (χ1v) is 6.04. The van der Waals surface area contributed by atoms with Crippen LogP contribution in [0.1, 0.15) is 15.9 Å². The minimum Gasteiger partial charge on any atom is -0.393 e. The zero-order valence-electron chi connectivity index (χ0n) is 10.9. The van der Waals surface area contributed by atoms with Gasteiger partial charge in [0.05, 0.1) is 4.92 Å². The first-order chi connectivity index (χ1) is 9.97. The summed E-state index contributed by atoms with van der Waals surface area (Å²) in [5, 5.41) is 13.4. The number of benzene rings is 2. The number of anilines is 1. The van der Waals surface area contributed by atoms with Gasteiger partial charge < -0.3 is 11.1 Å². The first-order valence-electron chi connectivity index (χ1n) is 6.04. The Morgan fingerprint density at radius 3 is 2.52 bits per heavy atom. The second kappa shape index (κ2) is 6.00. The van der Waals surface area contributed by atoms with E-state index >= 15 is 0 Å². The van der Waals surface area contributed by atoms with Gasteiger partial charge in [0.1, 0.15) is 11.5 Å². The molecular formula is C14H12FN3O3. The molecule has 2 rings (SSSR count). The Morgan fingerprint density at radius 1 is 1.24 bits per heavy atom. The molecule has 0 aliphatic heterocycles. The van der Waals surface area contributed by atoms with Gasteiger partial charge in [-0.2, -0.15) is 0 Å². The van der Waals surface area contributed by atoms with E-state index in [0.717, 1.165) is 11.6 Å². The summed E-state index contributed by atoms with van der Waals surface area (Å²) in [4.78, 5) is 22.0. The number of nitro benzene ring substituents is 1. The van der Waals surface area contributed by atoms with Crippen LogP contribution in [0.25, 0.3) is 0 Å². The summed E-state index contributed by atoms with van der Waals surface area (Å²) < 4.78 is 12.7. The van der Waals surface area contributed by atoms with Crippen LogP contribution in [0.3, 0.4) is 0 Å². The fourth-order valence-corrected chi connectivity index (χ4v) is 1.73. The molecule has 0 saturated carbocycles. The van der Waals surface area contributed by atoms with Gasteiger partial charge in [-0.15, -0.1) is 0 Å². The molecule has 2 aromatic rings. The third-order valence-corrected chi connectivity index (χ3v) is 2.86. The highest BCUT2D eigenvalue weighted by molar-refractivity contribution is 5.95. The minimum atomic E-state index is -0.647. The van der Waals surface area contributed by atoms with Crippen LogP contribution in [0, 0.1) is 15.9 Å². The molecule has 0 atom stereocenters. The van der Waals surface area contributed by atoms with Crippen molar-refractivity contribution in [2.45, 2.75) is 6.54 Å². The Morgan fingerprint density at radius 2 is 1.90 bits per heavy atom. The Kier molecular flexibility index (Phi) is 4.13. The van der Waals surface area contributed by atoms with Crippen molar-refractivity contribution in [1.82, 2.24) is 5.32 Å². The second-order valence-electron chi connectivity index (χ2n) is 4.34. The highest BCUT2D eigenvalue weighted by Crippen LogP contribution is 2.22. The van der Waals surface area contributed by atoms with E-state index in [1.54, 1.807) is 12.1 Å². The van der Waals surface area contributed by atoms with Gasteiger partial charge in [-0.05, 0) is 29.8 Å². The van der Waals surface area contributed by atoms with Crippen LogP contribution in [0.5, 0.6) is 0 Å². The van der Waals surface area contributed by atoms with Crippen molar-refractivity contribution in [2.75, 3.05) is 5.73 Å². The molecule has 3 N–H and O–H groups in total. The number of carbonyl (C=O) groups is 1. The van der Waals surface area contributed by atoms with E-state index in [2.05, 4.69) is 5.32 Å². The summed E-state index contributed by atoms with van der Waals surface area (Å²) >= 11 is 0. The summed E-state index contributed by atoms with van der Waals surface area (Å²) in [5.41, 5.74) is 6.00. The van der Waals surface area contributed by atoms with E-state index in [-0.39, 0.29) is 29.3 Å². The maximum Gasteiger partial charge on any atom is 0.292 e. The van der Waals surface area contributed by atoms with Crippen molar-refractivity contribution in [3.8, 4) is 0 Å². The molecule has 6 nitrogen and oxygen atoms in total. The van der Waals surface area contributed by atoms with Crippen molar-refractivity contribution >= 4 is 17.3 Å². The van der Waals surface area contributed by atoms with Crippen LogP contribution in [0.4, 0.5) is 15.8 Å². The Bertz CT molecular complexity index is 686. The van der Waals surface area contributed by atoms with Gasteiger partial charge in [-0.3, -0.25) is 14.9 Å². The predicted molar refractivity (Wildman–Crippen MR) is 75.1 cm³/mol. The fraction of sp³-hybridized carbons (Fsp3) is 0.0714. The predicted octanol–water partition coefficient (Wildman–Crippen LogP) is 2.25. The third-order valence-electron chi connectivity index (χ3n) is 2.86. The normalized spacial score (nSPS) is 10.1. The molecule has 1 amide bonds. The van der Waals surface area contributed by atoms with Crippen LogP contribution in [-0.4, -0.2) is 10.8 Å². The second-order valence-corrected chi connectivity index (χ2v) is 4.34. The zero-order chi connectivity index (χ0) is 15.4. The van der Waals surface area contributed by atoms with E-state index in [4.69, 9.17) is 5.73 Å². The lowest BCUT2D eigenvalue weighted by Crippen LogP contribution is -2.22. The number of nitrogen functional groups attached to an aromatic ring is 1. The molecule has 0 bridgehead atoms. The maximum absolute atomic E-state index is 12.7. The van der Waals surface area contributed by atoms with Crippen molar-refractivity contribution < 1.29 is 14.1 Å². The van der Waals surface area contributed by atoms with Crippen molar-refractivity contribution in [2.24, 2.45) is 0 Å². The number of nitrogens with zero attached hydrogens (tertiary/aromatic N) is 1. The van der Waals surface area contributed by atoms with E-state index in [1.807, 2.05) is 0 Å². The van der Waals surface area contributed by atoms with E-state index in [0.29, 0.717) is 0 Å². The summed E-state index contributed by atoms with van der Waals surface area (Å²) in [6, 6.07) is 9.50. The van der Waals surface area contributed by atoms with Gasteiger partial charge in [0, 0.05) is 18.2 Å². The van der Waals surface area contributed by atoms with Crippen LogP contribution in [0.15, 0.2) is 42.5 Å². The maximum atomic E-state index is 12.7. The SMILES string of the molecule is Nc1ccc(C(=O)NCc2ccc(F)cc2)cc1[N+](=O)[O-]. The number of hydrogen-bond donors (Lipinski definition) is 2. The van der Waals surface area contributed by atoms with Crippen molar-refractivity contribution in [3.05, 3.63) is 69.5 Å².